The first-order valence-corrected chi connectivity index (χ1v) is 5.91. The lowest BCUT2D eigenvalue weighted by Crippen LogP contribution is -1.95. The fraction of sp³-hybridized carbons (Fsp3) is 0.143. The molecule has 0 unspecified atom stereocenters. The van der Waals surface area contributed by atoms with Crippen LogP contribution in [0.1, 0.15) is 5.56 Å². The molecular formula is C7H5Cl2FO2S. The molecule has 0 radical (unpaired) electrons. The summed E-state index contributed by atoms with van der Waals surface area (Å²) < 4.78 is 34.7. The van der Waals surface area contributed by atoms with Crippen LogP contribution in [0.25, 0.3) is 0 Å². The van der Waals surface area contributed by atoms with Crippen molar-refractivity contribution in [2.75, 3.05) is 0 Å². The molecule has 0 heterocycles. The van der Waals surface area contributed by atoms with E-state index in [0.29, 0.717) is 5.56 Å². The van der Waals surface area contributed by atoms with Crippen LogP contribution in [0.3, 0.4) is 0 Å². The molecule has 1 rings (SSSR count). The first kappa shape index (κ1) is 10.8. The van der Waals surface area contributed by atoms with Crippen LogP contribution in [0.5, 0.6) is 0 Å². The SMILES string of the molecule is Cc1cc(F)c(Cl)c(S(=O)(=O)Cl)c1. The van der Waals surface area contributed by atoms with Crippen molar-refractivity contribution in [3.05, 3.63) is 28.5 Å². The summed E-state index contributed by atoms with van der Waals surface area (Å²) in [6.45, 7) is 1.55. The summed E-state index contributed by atoms with van der Waals surface area (Å²) in [6.07, 6.45) is 0. The van der Waals surface area contributed by atoms with Gasteiger partial charge in [-0.1, -0.05) is 11.6 Å². The maximum absolute atomic E-state index is 12.9. The van der Waals surface area contributed by atoms with Crippen molar-refractivity contribution in [1.82, 2.24) is 0 Å². The van der Waals surface area contributed by atoms with Crippen molar-refractivity contribution in [2.24, 2.45) is 0 Å². The van der Waals surface area contributed by atoms with Gasteiger partial charge >= 0.3 is 0 Å². The third-order valence-corrected chi connectivity index (χ3v) is 3.24. The van der Waals surface area contributed by atoms with Crippen LogP contribution in [0.15, 0.2) is 17.0 Å². The van der Waals surface area contributed by atoms with E-state index in [1.54, 1.807) is 6.92 Å². The van der Waals surface area contributed by atoms with Gasteiger partial charge in [0.2, 0.25) is 0 Å². The molecule has 0 saturated carbocycles. The summed E-state index contributed by atoms with van der Waals surface area (Å²) in [4.78, 5) is -0.395. The van der Waals surface area contributed by atoms with E-state index < -0.39 is 24.8 Å². The lowest BCUT2D eigenvalue weighted by atomic mass is 10.2. The first-order chi connectivity index (χ1) is 5.82. The normalized spacial score (nSPS) is 11.7. The Kier molecular flexibility index (Phi) is 2.85. The molecule has 13 heavy (non-hydrogen) atoms. The molecule has 0 N–H and O–H groups in total. The van der Waals surface area contributed by atoms with E-state index in [4.69, 9.17) is 22.3 Å². The van der Waals surface area contributed by atoms with Gasteiger partial charge in [0.1, 0.15) is 10.7 Å². The van der Waals surface area contributed by atoms with Gasteiger partial charge in [0.25, 0.3) is 9.05 Å². The Balaban J connectivity index is 3.56. The highest BCUT2D eigenvalue weighted by Crippen LogP contribution is 2.28. The zero-order chi connectivity index (χ0) is 10.2. The van der Waals surface area contributed by atoms with Gasteiger partial charge < -0.3 is 0 Å². The highest BCUT2D eigenvalue weighted by Gasteiger charge is 2.18. The average Bonchev–Trinajstić information content (AvgIpc) is 1.94. The molecule has 2 nitrogen and oxygen atoms in total. The maximum Gasteiger partial charge on any atom is 0.262 e. The molecule has 72 valence electrons. The molecule has 0 saturated heterocycles. The van der Waals surface area contributed by atoms with Crippen LogP contribution >= 0.6 is 22.3 Å². The van der Waals surface area contributed by atoms with Crippen LogP contribution < -0.4 is 0 Å². The largest absolute Gasteiger partial charge is 0.262 e. The monoisotopic (exact) mass is 242 g/mol. The van der Waals surface area contributed by atoms with Gasteiger partial charge in [0.05, 0.1) is 5.02 Å². The minimum absolute atomic E-state index is 0.395. The van der Waals surface area contributed by atoms with Crippen molar-refractivity contribution in [3.8, 4) is 0 Å². The van der Waals surface area contributed by atoms with Crippen molar-refractivity contribution >= 4 is 31.3 Å². The van der Waals surface area contributed by atoms with Gasteiger partial charge in [0.15, 0.2) is 0 Å². The Morgan fingerprint density at radius 3 is 2.38 bits per heavy atom. The fourth-order valence-corrected chi connectivity index (χ4v) is 2.41. The number of hydrogen-bond donors (Lipinski definition) is 0. The Morgan fingerprint density at radius 2 is 1.92 bits per heavy atom. The first-order valence-electron chi connectivity index (χ1n) is 3.22. The predicted molar refractivity (Wildman–Crippen MR) is 49.2 cm³/mol. The van der Waals surface area contributed by atoms with Crippen LogP contribution in [0.4, 0.5) is 4.39 Å². The van der Waals surface area contributed by atoms with E-state index in [-0.39, 0.29) is 0 Å². The van der Waals surface area contributed by atoms with Gasteiger partial charge in [-0.05, 0) is 24.6 Å². The summed E-state index contributed by atoms with van der Waals surface area (Å²) in [7, 11) is 1.05. The molecule has 0 aliphatic carbocycles. The quantitative estimate of drug-likeness (QED) is 0.710. The van der Waals surface area contributed by atoms with Gasteiger partial charge in [-0.3, -0.25) is 0 Å². The zero-order valence-electron chi connectivity index (χ0n) is 6.51. The standard InChI is InChI=1S/C7H5Cl2FO2S/c1-4-2-5(10)7(8)6(3-4)13(9,11)12/h2-3H,1H3. The molecule has 0 amide bonds. The topological polar surface area (TPSA) is 34.1 Å². The van der Waals surface area contributed by atoms with Gasteiger partial charge in [-0.25, -0.2) is 12.8 Å². The Bertz CT molecular complexity index is 442. The van der Waals surface area contributed by atoms with E-state index in [1.165, 1.54) is 6.07 Å². The molecule has 0 spiro atoms. The predicted octanol–water partition coefficient (Wildman–Crippen LogP) is 2.72. The van der Waals surface area contributed by atoms with Crippen molar-refractivity contribution in [1.29, 1.82) is 0 Å². The van der Waals surface area contributed by atoms with Crippen LogP contribution in [0, 0.1) is 12.7 Å². The van der Waals surface area contributed by atoms with Crippen LogP contribution in [0.2, 0.25) is 5.02 Å². The number of benzene rings is 1. The van der Waals surface area contributed by atoms with Crippen molar-refractivity contribution in [2.45, 2.75) is 11.8 Å². The summed E-state index contributed by atoms with van der Waals surface area (Å²) in [5, 5.41) is -0.472. The van der Waals surface area contributed by atoms with E-state index in [0.717, 1.165) is 6.07 Å². The minimum atomic E-state index is -3.98. The molecule has 6 heteroatoms. The molecule has 0 bridgehead atoms. The molecule has 0 aliphatic rings. The number of aryl methyl sites for hydroxylation is 1. The highest BCUT2D eigenvalue weighted by atomic mass is 35.7. The van der Waals surface area contributed by atoms with Crippen LogP contribution in [-0.2, 0) is 9.05 Å². The van der Waals surface area contributed by atoms with E-state index in [9.17, 15) is 12.8 Å². The molecule has 0 aromatic heterocycles. The highest BCUT2D eigenvalue weighted by molar-refractivity contribution is 8.13. The summed E-state index contributed by atoms with van der Waals surface area (Å²) in [5.41, 5.74) is 0.445. The smallest absolute Gasteiger partial charge is 0.207 e. The van der Waals surface area contributed by atoms with Crippen molar-refractivity contribution in [3.63, 3.8) is 0 Å². The number of hydrogen-bond acceptors (Lipinski definition) is 2. The molecule has 0 fully saturated rings. The Morgan fingerprint density at radius 1 is 1.38 bits per heavy atom. The average molecular weight is 243 g/mol. The van der Waals surface area contributed by atoms with Gasteiger partial charge in [-0.2, -0.15) is 0 Å². The zero-order valence-corrected chi connectivity index (χ0v) is 8.84. The number of halogens is 3. The lowest BCUT2D eigenvalue weighted by Gasteiger charge is -2.02. The maximum atomic E-state index is 12.9. The third kappa shape index (κ3) is 2.33. The summed E-state index contributed by atoms with van der Waals surface area (Å²) in [5.74, 6) is -0.791. The Labute approximate surface area is 84.7 Å². The second-order valence-electron chi connectivity index (χ2n) is 2.50. The fourth-order valence-electron chi connectivity index (χ4n) is 0.870. The summed E-state index contributed by atoms with van der Waals surface area (Å²) >= 11 is 5.41. The molecule has 1 aromatic rings. The Hall–Kier alpha value is -0.320. The second kappa shape index (κ2) is 3.44. The summed E-state index contributed by atoms with van der Waals surface area (Å²) in [6, 6.07) is 2.35. The van der Waals surface area contributed by atoms with E-state index in [1.807, 2.05) is 0 Å². The molecule has 0 aliphatic heterocycles. The minimum Gasteiger partial charge on any atom is -0.207 e. The van der Waals surface area contributed by atoms with Crippen molar-refractivity contribution < 1.29 is 12.8 Å². The molecule has 0 atom stereocenters. The molecular weight excluding hydrogens is 238 g/mol. The second-order valence-corrected chi connectivity index (χ2v) is 5.41. The lowest BCUT2D eigenvalue weighted by molar-refractivity contribution is 0.602. The van der Waals surface area contributed by atoms with E-state index in [2.05, 4.69) is 0 Å². The molecule has 1 aromatic carbocycles. The van der Waals surface area contributed by atoms with Gasteiger partial charge in [0, 0.05) is 10.7 Å². The third-order valence-electron chi connectivity index (χ3n) is 1.40. The van der Waals surface area contributed by atoms with Crippen LogP contribution in [-0.4, -0.2) is 8.42 Å². The van der Waals surface area contributed by atoms with Gasteiger partial charge in [-0.15, -0.1) is 0 Å². The van der Waals surface area contributed by atoms with E-state index >= 15 is 0 Å². The number of rotatable bonds is 1.